The fourth-order valence-corrected chi connectivity index (χ4v) is 16.1. The van der Waals surface area contributed by atoms with Gasteiger partial charge in [-0.1, -0.05) is 13.0 Å². The summed E-state index contributed by atoms with van der Waals surface area (Å²) >= 11 is 0. The maximum atomic E-state index is 14.3. The van der Waals surface area contributed by atoms with Crippen molar-refractivity contribution in [1.29, 1.82) is 0 Å². The summed E-state index contributed by atoms with van der Waals surface area (Å²) in [5, 5.41) is 64.6. The van der Waals surface area contributed by atoms with Crippen molar-refractivity contribution < 1.29 is 58.9 Å². The summed E-state index contributed by atoms with van der Waals surface area (Å²) in [5.74, 6) is -7.76. The van der Waals surface area contributed by atoms with Crippen LogP contribution in [-0.2, 0) is 14.4 Å². The molecule has 6 atom stereocenters. The van der Waals surface area contributed by atoms with Crippen LogP contribution < -0.4 is 41.2 Å². The molecule has 0 spiro atoms. The summed E-state index contributed by atoms with van der Waals surface area (Å²) in [6, 6.07) is 27.1. The van der Waals surface area contributed by atoms with Crippen molar-refractivity contribution in [1.82, 2.24) is 4.90 Å². The van der Waals surface area contributed by atoms with Crippen LogP contribution in [0.1, 0.15) is 86.6 Å². The minimum atomic E-state index is -3.02. The quantitative estimate of drug-likeness (QED) is 0.0238. The first kappa shape index (κ1) is 51.6. The van der Waals surface area contributed by atoms with Gasteiger partial charge in [-0.25, -0.2) is 0 Å². The molecule has 7 rings (SSSR count). The van der Waals surface area contributed by atoms with E-state index in [4.69, 9.17) is 19.9 Å². The van der Waals surface area contributed by atoms with Crippen molar-refractivity contribution >= 4 is 52.2 Å². The summed E-state index contributed by atoms with van der Waals surface area (Å²) in [6.45, 7) is 1.65. The van der Waals surface area contributed by atoms with Gasteiger partial charge in [-0.15, -0.1) is 0 Å². The summed E-state index contributed by atoms with van der Waals surface area (Å²) < 4.78 is 16.6. The van der Waals surface area contributed by atoms with Gasteiger partial charge in [-0.2, -0.15) is 0 Å². The number of benzene rings is 4. The zero-order chi connectivity index (χ0) is 50.7. The van der Waals surface area contributed by atoms with Crippen LogP contribution in [-0.4, -0.2) is 113 Å². The molecule has 0 aromatic heterocycles. The van der Waals surface area contributed by atoms with Gasteiger partial charge in [0.1, 0.15) is 17.1 Å². The van der Waals surface area contributed by atoms with Gasteiger partial charge < -0.3 is 31.3 Å². The monoisotopic (exact) mass is 979 g/mol. The topological polar surface area (TPSA) is 238 Å². The van der Waals surface area contributed by atoms with Crippen LogP contribution in [0.4, 0.5) is 5.69 Å². The molecule has 0 fully saturated rings. The minimum absolute atomic E-state index is 0.0425. The third kappa shape index (κ3) is 9.28. The van der Waals surface area contributed by atoms with E-state index in [-0.39, 0.29) is 23.6 Å². The standard InChI is InChI=1S/C54H66N3O12P/c1-31-38-28-29-39(47(59)42(38)48(60)43-41(31)49(61)45-46(57(2)3)50(62)44(53(55)65)52(64)54(45,66)51(43)63)56-40(58)15-13-11-9-7-8-10-12-14-30-70(35-22-16-32(67-4)17-23-35,36-24-18-33(68-5)19-25-36)37-26-20-34(69-6)21-27-37/h16-29,31,41,45-46,49,59,61-63,66,70H,7-15,30H2,1-6H3,(H2,55,65)(H,56,58)/t31-,41+,45+,46-,49-,54-/m0/s1. The van der Waals surface area contributed by atoms with Crippen molar-refractivity contribution in [3.8, 4) is 23.0 Å². The van der Waals surface area contributed by atoms with Crippen LogP contribution in [0.15, 0.2) is 108 Å². The van der Waals surface area contributed by atoms with Gasteiger partial charge in [-0.3, -0.25) is 19.3 Å². The van der Waals surface area contributed by atoms with Gasteiger partial charge in [0.05, 0.1) is 29.3 Å². The van der Waals surface area contributed by atoms with Crippen LogP contribution >= 0.6 is 7.26 Å². The van der Waals surface area contributed by atoms with E-state index in [0.29, 0.717) is 12.0 Å². The number of aromatic hydroxyl groups is 1. The number of carbonyl (C=O) groups excluding carboxylic acids is 4. The van der Waals surface area contributed by atoms with Crippen LogP contribution in [0.25, 0.3) is 0 Å². The molecule has 374 valence electrons. The number of phenolic OH excluding ortho intramolecular Hbond substituents is 1. The molecular weight excluding hydrogens is 914 g/mol. The number of aliphatic hydroxyl groups is 4. The van der Waals surface area contributed by atoms with Crippen molar-refractivity contribution in [2.24, 2.45) is 17.6 Å². The Morgan fingerprint density at radius 2 is 1.20 bits per heavy atom. The van der Waals surface area contributed by atoms with E-state index in [1.807, 2.05) is 36.4 Å². The SMILES string of the molecule is COc1ccc([PH](CCCCCCCCCCC(=O)Nc2ccc3c(c2O)C(=O)C2=C(O)[C@]4(O)C(=O)C(C(N)=O)=C(O)[C@@H](N(C)C)[C@@H]4[C@@H](O)[C@@H]2[C@H]3C)(c2ccc(OC)cc2)c2ccc(OC)cc2)cc1. The maximum absolute atomic E-state index is 14.3. The number of primary amides is 1. The number of ether oxygens (including phenoxy) is 3. The second-order valence-corrected chi connectivity index (χ2v) is 23.0. The first-order valence-electron chi connectivity index (χ1n) is 23.9. The van der Waals surface area contributed by atoms with Gasteiger partial charge in [0, 0.05) is 11.5 Å². The van der Waals surface area contributed by atoms with Crippen molar-refractivity contribution in [3.05, 3.63) is 119 Å². The number of unbranched alkanes of at least 4 members (excludes halogenated alkanes) is 7. The van der Waals surface area contributed by atoms with E-state index < -0.39 is 88.7 Å². The molecule has 0 radical (unpaired) electrons. The number of carbonyl (C=O) groups is 4. The first-order chi connectivity index (χ1) is 33.5. The number of nitrogens with one attached hydrogen (secondary N) is 1. The predicted molar refractivity (Wildman–Crippen MR) is 271 cm³/mol. The molecule has 0 aliphatic heterocycles. The van der Waals surface area contributed by atoms with E-state index in [0.717, 1.165) is 68.4 Å². The zero-order valence-electron chi connectivity index (χ0n) is 40.7. The Morgan fingerprint density at radius 3 is 1.66 bits per heavy atom. The Kier molecular flexibility index (Phi) is 15.8. The van der Waals surface area contributed by atoms with Crippen LogP contribution in [0.3, 0.4) is 0 Å². The number of phenols is 1. The molecule has 8 N–H and O–H groups in total. The van der Waals surface area contributed by atoms with Crippen molar-refractivity contribution in [3.63, 3.8) is 0 Å². The van der Waals surface area contributed by atoms with Crippen LogP contribution in [0.2, 0.25) is 0 Å². The Bertz CT molecular complexity index is 2550. The molecule has 0 saturated heterocycles. The number of nitrogens with zero attached hydrogens (tertiary/aromatic N) is 1. The number of hydrogen-bond donors (Lipinski definition) is 7. The van der Waals surface area contributed by atoms with Gasteiger partial charge in [0.25, 0.3) is 5.91 Å². The normalized spacial score (nSPS) is 22.3. The number of ketones is 2. The molecule has 4 aromatic rings. The average Bonchev–Trinajstić information content (AvgIpc) is 3.35. The molecule has 15 nitrogen and oxygen atoms in total. The number of aliphatic hydroxyl groups excluding tert-OH is 3. The predicted octanol–water partition coefficient (Wildman–Crippen LogP) is 5.85. The fraction of sp³-hybridized carbons (Fsp3) is 0.407. The molecular formula is C54H66N3O12P. The summed E-state index contributed by atoms with van der Waals surface area (Å²) in [4.78, 5) is 54.9. The molecule has 0 unspecified atom stereocenters. The summed E-state index contributed by atoms with van der Waals surface area (Å²) in [7, 11) is 5.48. The zero-order valence-corrected chi connectivity index (χ0v) is 41.7. The number of fused-ring (bicyclic) bond motifs is 3. The molecule has 0 bridgehead atoms. The van der Waals surface area contributed by atoms with Crippen molar-refractivity contribution in [2.75, 3.05) is 46.9 Å². The van der Waals surface area contributed by atoms with E-state index in [9.17, 15) is 44.7 Å². The second-order valence-electron chi connectivity index (χ2n) is 18.9. The molecule has 16 heteroatoms. The molecule has 0 saturated carbocycles. The third-order valence-corrected chi connectivity index (χ3v) is 19.9. The number of likely N-dealkylation sites (N-methyl/N-ethyl adjacent to an activating group) is 1. The number of amides is 2. The fourth-order valence-electron chi connectivity index (χ4n) is 11.2. The summed E-state index contributed by atoms with van der Waals surface area (Å²) in [5.41, 5.74) is 0.915. The third-order valence-electron chi connectivity index (χ3n) is 14.9. The number of methoxy groups -OCH3 is 3. The number of anilines is 1. The molecule has 70 heavy (non-hydrogen) atoms. The van der Waals surface area contributed by atoms with Gasteiger partial charge >= 0.3 is 229 Å². The van der Waals surface area contributed by atoms with E-state index in [1.54, 1.807) is 34.3 Å². The van der Waals surface area contributed by atoms with Gasteiger partial charge in [0.2, 0.25) is 5.78 Å². The Balaban J connectivity index is 0.951. The molecule has 3 aliphatic rings. The summed E-state index contributed by atoms with van der Waals surface area (Å²) in [6.07, 6.45) is 7.10. The van der Waals surface area contributed by atoms with Gasteiger partial charge in [0.15, 0.2) is 17.1 Å². The van der Waals surface area contributed by atoms with E-state index in [2.05, 4.69) is 41.7 Å². The number of nitrogens with two attached hydrogens (primary N) is 1. The van der Waals surface area contributed by atoms with E-state index in [1.165, 1.54) is 41.0 Å². The number of hydrogen-bond acceptors (Lipinski definition) is 13. The Labute approximate surface area is 409 Å². The van der Waals surface area contributed by atoms with Gasteiger partial charge in [-0.05, 0) is 31.6 Å². The van der Waals surface area contributed by atoms with Crippen LogP contribution in [0.5, 0.6) is 23.0 Å². The van der Waals surface area contributed by atoms with Crippen molar-refractivity contribution in [2.45, 2.75) is 88.4 Å². The number of Topliss-reactive ketones (excluding diaryl/α,β-unsaturated/α-hetero) is 2. The number of rotatable bonds is 20. The molecule has 0 heterocycles. The average molecular weight is 980 g/mol. The Morgan fingerprint density at radius 1 is 0.729 bits per heavy atom. The van der Waals surface area contributed by atoms with E-state index >= 15 is 0 Å². The van der Waals surface area contributed by atoms with Crippen LogP contribution in [0, 0.1) is 11.8 Å². The Hall–Kier alpha value is -6.25. The molecule has 4 aromatic carbocycles. The molecule has 2 amide bonds. The molecule has 3 aliphatic carbocycles. The second kappa shape index (κ2) is 21.4. The first-order valence-corrected chi connectivity index (χ1v) is 26.1.